The van der Waals surface area contributed by atoms with Gasteiger partial charge in [-0.1, -0.05) is 56.0 Å². The molecule has 2 aromatic heterocycles. The highest BCUT2D eigenvalue weighted by atomic mass is 16.5. The third-order valence-electron chi connectivity index (χ3n) is 6.66. The SMILES string of the molecule is [B]n1c(-c2ccccc2)c(C(=O)N2CCCC(COC(/C=C\C)=C(\C)C=C)C2)c2ncc(CC)nc21. The number of ether oxygens (including phenoxy) is 1. The number of hydrogen-bond acceptors (Lipinski definition) is 4. The minimum absolute atomic E-state index is 0.0715. The van der Waals surface area contributed by atoms with Crippen molar-refractivity contribution in [1.82, 2.24) is 19.3 Å². The molecule has 0 N–H and O–H groups in total. The zero-order valence-corrected chi connectivity index (χ0v) is 21.4. The highest BCUT2D eigenvalue weighted by molar-refractivity contribution is 6.20. The number of hydrogen-bond donors (Lipinski definition) is 0. The second kappa shape index (κ2) is 11.4. The maximum absolute atomic E-state index is 14.0. The summed E-state index contributed by atoms with van der Waals surface area (Å²) in [4.78, 5) is 25.3. The summed E-state index contributed by atoms with van der Waals surface area (Å²) < 4.78 is 7.65. The number of nitrogens with zero attached hydrogens (tertiary/aromatic N) is 4. The molecule has 184 valence electrons. The maximum atomic E-state index is 14.0. The Balaban J connectivity index is 1.66. The van der Waals surface area contributed by atoms with Crippen molar-refractivity contribution in [1.29, 1.82) is 0 Å². The van der Waals surface area contributed by atoms with Crippen LogP contribution in [0.5, 0.6) is 0 Å². The molecule has 0 aliphatic carbocycles. The van der Waals surface area contributed by atoms with Crippen molar-refractivity contribution in [3.63, 3.8) is 0 Å². The molecule has 0 saturated carbocycles. The zero-order chi connectivity index (χ0) is 25.7. The Morgan fingerprint density at radius 1 is 1.31 bits per heavy atom. The van der Waals surface area contributed by atoms with Gasteiger partial charge in [0.05, 0.1) is 23.6 Å². The summed E-state index contributed by atoms with van der Waals surface area (Å²) >= 11 is 0. The van der Waals surface area contributed by atoms with E-state index in [1.165, 1.54) is 4.48 Å². The van der Waals surface area contributed by atoms with Gasteiger partial charge in [0.25, 0.3) is 5.91 Å². The lowest BCUT2D eigenvalue weighted by Gasteiger charge is -2.33. The van der Waals surface area contributed by atoms with Crippen LogP contribution in [0.25, 0.3) is 22.4 Å². The molecule has 1 saturated heterocycles. The van der Waals surface area contributed by atoms with Crippen LogP contribution < -0.4 is 0 Å². The van der Waals surface area contributed by atoms with Crippen LogP contribution in [-0.2, 0) is 11.2 Å². The van der Waals surface area contributed by atoms with Crippen LogP contribution in [-0.4, -0.2) is 52.9 Å². The molecule has 1 aromatic carbocycles. The Morgan fingerprint density at radius 2 is 2.08 bits per heavy atom. The number of fused-ring (bicyclic) bond motifs is 1. The number of carbonyl (C=O) groups is 1. The van der Waals surface area contributed by atoms with E-state index in [1.54, 1.807) is 12.3 Å². The zero-order valence-electron chi connectivity index (χ0n) is 21.4. The molecule has 1 fully saturated rings. The molecule has 1 atom stereocenters. The van der Waals surface area contributed by atoms with Crippen molar-refractivity contribution in [2.24, 2.45) is 5.92 Å². The molecule has 3 aromatic rings. The Morgan fingerprint density at radius 3 is 2.78 bits per heavy atom. The molecule has 0 spiro atoms. The van der Waals surface area contributed by atoms with Gasteiger partial charge >= 0.3 is 0 Å². The minimum atomic E-state index is -0.0715. The van der Waals surface area contributed by atoms with E-state index in [4.69, 9.17) is 17.7 Å². The molecular formula is C29H33BN4O2. The molecule has 1 aliphatic rings. The first-order chi connectivity index (χ1) is 17.5. The smallest absolute Gasteiger partial charge is 0.258 e. The van der Waals surface area contributed by atoms with Gasteiger partial charge in [-0.3, -0.25) is 9.78 Å². The second-order valence-corrected chi connectivity index (χ2v) is 9.17. The predicted octanol–water partition coefficient (Wildman–Crippen LogP) is 5.50. The van der Waals surface area contributed by atoms with E-state index in [1.807, 2.05) is 68.2 Å². The number of aromatic nitrogens is 3. The Labute approximate surface area is 214 Å². The van der Waals surface area contributed by atoms with E-state index >= 15 is 0 Å². The van der Waals surface area contributed by atoms with Crippen LogP contribution in [0.2, 0.25) is 0 Å². The van der Waals surface area contributed by atoms with Gasteiger partial charge in [-0.2, -0.15) is 0 Å². The quantitative estimate of drug-likeness (QED) is 0.243. The van der Waals surface area contributed by atoms with Crippen LogP contribution in [0.3, 0.4) is 0 Å². The average Bonchev–Trinajstić information content (AvgIpc) is 3.22. The molecule has 1 aliphatic heterocycles. The maximum Gasteiger partial charge on any atom is 0.258 e. The molecule has 0 bridgehead atoms. The normalized spacial score (nSPS) is 16.9. The Kier molecular flexibility index (Phi) is 8.09. The second-order valence-electron chi connectivity index (χ2n) is 9.17. The summed E-state index contributed by atoms with van der Waals surface area (Å²) in [6, 6.07) is 9.74. The van der Waals surface area contributed by atoms with Gasteiger partial charge in [0.1, 0.15) is 16.9 Å². The summed E-state index contributed by atoms with van der Waals surface area (Å²) in [6.45, 7) is 11.7. The van der Waals surface area contributed by atoms with E-state index in [0.717, 1.165) is 41.9 Å². The van der Waals surface area contributed by atoms with Gasteiger partial charge in [-0.05, 0) is 50.3 Å². The Hall–Kier alpha value is -3.61. The van der Waals surface area contributed by atoms with E-state index in [-0.39, 0.29) is 11.8 Å². The van der Waals surface area contributed by atoms with E-state index < -0.39 is 0 Å². The number of rotatable bonds is 8. The van der Waals surface area contributed by atoms with Gasteiger partial charge in [0.2, 0.25) is 7.98 Å². The van der Waals surface area contributed by atoms with Crippen molar-refractivity contribution < 1.29 is 9.53 Å². The van der Waals surface area contributed by atoms with Crippen LogP contribution in [0.15, 0.2) is 72.7 Å². The molecule has 7 heteroatoms. The third-order valence-corrected chi connectivity index (χ3v) is 6.66. The highest BCUT2D eigenvalue weighted by Gasteiger charge is 2.31. The molecule has 2 radical (unpaired) electrons. The molecule has 36 heavy (non-hydrogen) atoms. The number of amides is 1. The number of allylic oxidation sites excluding steroid dienone is 4. The lowest BCUT2D eigenvalue weighted by Crippen LogP contribution is -2.41. The van der Waals surface area contributed by atoms with Gasteiger partial charge < -0.3 is 14.1 Å². The van der Waals surface area contributed by atoms with E-state index in [9.17, 15) is 4.79 Å². The topological polar surface area (TPSA) is 60.2 Å². The molecule has 1 unspecified atom stereocenters. The van der Waals surface area contributed by atoms with Gasteiger partial charge in [0, 0.05) is 25.2 Å². The van der Waals surface area contributed by atoms with Gasteiger partial charge in [-0.15, -0.1) is 0 Å². The van der Waals surface area contributed by atoms with Crippen LogP contribution in [0.4, 0.5) is 0 Å². The number of aryl methyl sites for hydroxylation is 1. The minimum Gasteiger partial charge on any atom is -0.493 e. The number of carbonyl (C=O) groups excluding carboxylic acids is 1. The van der Waals surface area contributed by atoms with Crippen molar-refractivity contribution in [2.45, 2.75) is 40.0 Å². The summed E-state index contributed by atoms with van der Waals surface area (Å²) in [5.41, 5.74) is 4.89. The van der Waals surface area contributed by atoms with Crippen molar-refractivity contribution in [3.8, 4) is 11.3 Å². The molecular weight excluding hydrogens is 447 g/mol. The first kappa shape index (κ1) is 25.5. The van der Waals surface area contributed by atoms with Crippen LogP contribution in [0.1, 0.15) is 49.7 Å². The lowest BCUT2D eigenvalue weighted by molar-refractivity contribution is 0.0594. The molecule has 1 amide bonds. The molecule has 4 rings (SSSR count). The largest absolute Gasteiger partial charge is 0.493 e. The first-order valence-electron chi connectivity index (χ1n) is 12.6. The lowest BCUT2D eigenvalue weighted by atomic mass is 9.97. The Bertz CT molecular complexity index is 1310. The fourth-order valence-corrected chi connectivity index (χ4v) is 4.65. The summed E-state index contributed by atoms with van der Waals surface area (Å²) in [5.74, 6) is 0.970. The van der Waals surface area contributed by atoms with E-state index in [0.29, 0.717) is 42.1 Å². The third kappa shape index (κ3) is 5.15. The fourth-order valence-electron chi connectivity index (χ4n) is 4.65. The predicted molar refractivity (Wildman–Crippen MR) is 146 cm³/mol. The first-order valence-corrected chi connectivity index (χ1v) is 12.6. The summed E-state index contributed by atoms with van der Waals surface area (Å²) in [6.07, 6.45) is 10.1. The number of benzene rings is 1. The standard InChI is InChI=1S/C29H33BN4O2/c1-5-12-24(20(4)6-2)36-19-21-13-11-16-33(18-21)29(35)25-26-28(32-23(7-3)17-31-26)34(30)27(25)22-14-9-8-10-15-22/h5-6,8-10,12,14-15,17,21H,2,7,11,13,16,18-19H2,1,3-4H3/b12-5-,24-20+. The number of likely N-dealkylation sites (tertiary alicyclic amines) is 1. The van der Waals surface area contributed by atoms with Crippen LogP contribution in [0, 0.1) is 5.92 Å². The molecule has 6 nitrogen and oxygen atoms in total. The average molecular weight is 480 g/mol. The fraction of sp³-hybridized carbons (Fsp3) is 0.345. The molecule has 3 heterocycles. The number of piperidine rings is 1. The van der Waals surface area contributed by atoms with Crippen molar-refractivity contribution >= 4 is 25.1 Å². The van der Waals surface area contributed by atoms with Gasteiger partial charge in [0.15, 0.2) is 0 Å². The highest BCUT2D eigenvalue weighted by Crippen LogP contribution is 2.33. The monoisotopic (exact) mass is 480 g/mol. The summed E-state index contributed by atoms with van der Waals surface area (Å²) in [5, 5.41) is 0. The summed E-state index contributed by atoms with van der Waals surface area (Å²) in [7, 11) is 6.54. The van der Waals surface area contributed by atoms with Crippen LogP contribution >= 0.6 is 0 Å². The van der Waals surface area contributed by atoms with Crippen molar-refractivity contribution in [2.75, 3.05) is 19.7 Å². The van der Waals surface area contributed by atoms with E-state index in [2.05, 4.69) is 11.6 Å². The van der Waals surface area contributed by atoms with Gasteiger partial charge in [-0.25, -0.2) is 4.98 Å². The van der Waals surface area contributed by atoms with Crippen molar-refractivity contribution in [3.05, 3.63) is 83.9 Å².